The van der Waals surface area contributed by atoms with E-state index in [0.717, 1.165) is 22.8 Å². The highest BCUT2D eigenvalue weighted by atomic mass is 35.5. The normalized spacial score (nSPS) is 17.0. The summed E-state index contributed by atoms with van der Waals surface area (Å²) in [6.07, 6.45) is 10.8. The van der Waals surface area contributed by atoms with E-state index in [-0.39, 0.29) is 0 Å². The van der Waals surface area contributed by atoms with Crippen molar-refractivity contribution in [1.29, 1.82) is 0 Å². The highest BCUT2D eigenvalue weighted by molar-refractivity contribution is 6.30. The van der Waals surface area contributed by atoms with Crippen LogP contribution in [0.2, 0.25) is 5.02 Å². The number of halogens is 1. The van der Waals surface area contributed by atoms with Gasteiger partial charge in [-0.3, -0.25) is 0 Å². The van der Waals surface area contributed by atoms with Crippen molar-refractivity contribution in [3.63, 3.8) is 0 Å². The Morgan fingerprint density at radius 1 is 1.13 bits per heavy atom. The predicted octanol–water partition coefficient (Wildman–Crippen LogP) is 4.12. The van der Waals surface area contributed by atoms with Crippen molar-refractivity contribution < 1.29 is 4.74 Å². The van der Waals surface area contributed by atoms with Crippen molar-refractivity contribution in [2.75, 3.05) is 0 Å². The van der Waals surface area contributed by atoms with Crippen molar-refractivity contribution in [2.45, 2.75) is 6.42 Å². The van der Waals surface area contributed by atoms with E-state index < -0.39 is 0 Å². The molecule has 76 valence electrons. The molecule has 0 amide bonds. The molecule has 0 aliphatic heterocycles. The Hall–Kier alpha value is -1.47. The van der Waals surface area contributed by atoms with Gasteiger partial charge in [0.15, 0.2) is 0 Å². The molecule has 1 aliphatic carbocycles. The predicted molar refractivity (Wildman–Crippen MR) is 63.1 cm³/mol. The van der Waals surface area contributed by atoms with Crippen LogP contribution >= 0.6 is 11.6 Å². The van der Waals surface area contributed by atoms with Gasteiger partial charge < -0.3 is 4.74 Å². The molecule has 2 rings (SSSR count). The van der Waals surface area contributed by atoms with Crippen LogP contribution in [0.5, 0.6) is 5.75 Å². The third-order valence-corrected chi connectivity index (χ3v) is 2.32. The highest BCUT2D eigenvalue weighted by Crippen LogP contribution is 2.17. The zero-order chi connectivity index (χ0) is 10.5. The minimum atomic E-state index is 0.718. The summed E-state index contributed by atoms with van der Waals surface area (Å²) in [5, 5.41) is 0.718. The lowest BCUT2D eigenvalue weighted by molar-refractivity contribution is 0.476. The Labute approximate surface area is 94.3 Å². The standard InChI is InChI=1S/C13H11ClO/c14-12-6-8-13(9-7-12)15-10-11-4-2-1-3-5-11/h1-4,6-10H,5H2. The van der Waals surface area contributed by atoms with Crippen LogP contribution in [0.3, 0.4) is 0 Å². The van der Waals surface area contributed by atoms with Gasteiger partial charge in [-0.25, -0.2) is 0 Å². The van der Waals surface area contributed by atoms with Crippen molar-refractivity contribution >= 4 is 11.6 Å². The van der Waals surface area contributed by atoms with Crippen molar-refractivity contribution in [1.82, 2.24) is 0 Å². The second kappa shape index (κ2) is 4.85. The molecule has 0 fully saturated rings. The number of rotatable bonds is 2. The second-order valence-corrected chi connectivity index (χ2v) is 3.69. The maximum Gasteiger partial charge on any atom is 0.126 e. The molecular formula is C13H11ClO. The summed E-state index contributed by atoms with van der Waals surface area (Å²) >= 11 is 5.77. The molecule has 0 spiro atoms. The maximum atomic E-state index is 5.77. The van der Waals surface area contributed by atoms with Gasteiger partial charge in [0.25, 0.3) is 0 Å². The molecule has 1 aliphatic rings. The molecule has 1 nitrogen and oxygen atoms in total. The molecule has 2 heteroatoms. The maximum absolute atomic E-state index is 5.77. The Balaban J connectivity index is 2.01. The first kappa shape index (κ1) is 10.1. The molecule has 0 saturated carbocycles. The first-order chi connectivity index (χ1) is 7.34. The van der Waals surface area contributed by atoms with E-state index in [4.69, 9.17) is 16.3 Å². The third-order valence-electron chi connectivity index (χ3n) is 2.07. The molecule has 0 N–H and O–H groups in total. The summed E-state index contributed by atoms with van der Waals surface area (Å²) in [6.45, 7) is 0. The summed E-state index contributed by atoms with van der Waals surface area (Å²) in [4.78, 5) is 0. The minimum absolute atomic E-state index is 0.718. The van der Waals surface area contributed by atoms with Crippen LogP contribution in [0.25, 0.3) is 0 Å². The van der Waals surface area contributed by atoms with Gasteiger partial charge >= 0.3 is 0 Å². The molecule has 0 saturated heterocycles. The Morgan fingerprint density at radius 3 is 2.60 bits per heavy atom. The van der Waals surface area contributed by atoms with Gasteiger partial charge in [0.1, 0.15) is 5.75 Å². The van der Waals surface area contributed by atoms with Crippen molar-refractivity contribution in [3.05, 3.63) is 65.4 Å². The van der Waals surface area contributed by atoms with Gasteiger partial charge in [-0.15, -0.1) is 0 Å². The molecule has 0 atom stereocenters. The lowest BCUT2D eigenvalue weighted by Crippen LogP contribution is -1.87. The zero-order valence-electron chi connectivity index (χ0n) is 8.19. The number of allylic oxidation sites excluding steroid dienone is 5. The highest BCUT2D eigenvalue weighted by Gasteiger charge is 1.95. The number of ether oxygens (including phenoxy) is 1. The average Bonchev–Trinajstić information content (AvgIpc) is 2.30. The SMILES string of the molecule is Clc1ccc(OC=C2C=CC=CC2)cc1. The molecule has 0 radical (unpaired) electrons. The van der Waals surface area contributed by atoms with E-state index in [0.29, 0.717) is 0 Å². The van der Waals surface area contributed by atoms with E-state index in [1.54, 1.807) is 6.26 Å². The van der Waals surface area contributed by atoms with Crippen LogP contribution in [0.15, 0.2) is 60.4 Å². The Bertz CT molecular complexity index is 413. The van der Waals surface area contributed by atoms with Crippen LogP contribution in [-0.2, 0) is 0 Å². The van der Waals surface area contributed by atoms with Crippen LogP contribution in [0.1, 0.15) is 6.42 Å². The number of hydrogen-bond donors (Lipinski definition) is 0. The Morgan fingerprint density at radius 2 is 1.93 bits per heavy atom. The molecule has 0 bridgehead atoms. The monoisotopic (exact) mass is 218 g/mol. The Kier molecular flexibility index (Phi) is 3.25. The van der Waals surface area contributed by atoms with E-state index in [1.165, 1.54) is 0 Å². The van der Waals surface area contributed by atoms with E-state index in [2.05, 4.69) is 6.08 Å². The fourth-order valence-corrected chi connectivity index (χ4v) is 1.40. The fraction of sp³-hybridized carbons (Fsp3) is 0.0769. The minimum Gasteiger partial charge on any atom is -0.465 e. The first-order valence-corrected chi connectivity index (χ1v) is 5.17. The summed E-state index contributed by atoms with van der Waals surface area (Å²) < 4.78 is 5.49. The van der Waals surface area contributed by atoms with E-state index in [1.807, 2.05) is 42.5 Å². The smallest absolute Gasteiger partial charge is 0.126 e. The summed E-state index contributed by atoms with van der Waals surface area (Å²) in [5.74, 6) is 0.801. The van der Waals surface area contributed by atoms with Gasteiger partial charge in [-0.1, -0.05) is 35.9 Å². The van der Waals surface area contributed by atoms with Crippen LogP contribution in [0.4, 0.5) is 0 Å². The van der Waals surface area contributed by atoms with Gasteiger partial charge in [0.05, 0.1) is 6.26 Å². The van der Waals surface area contributed by atoms with Gasteiger partial charge in [-0.2, -0.15) is 0 Å². The van der Waals surface area contributed by atoms with E-state index >= 15 is 0 Å². The summed E-state index contributed by atoms with van der Waals surface area (Å²) in [7, 11) is 0. The molecule has 0 heterocycles. The van der Waals surface area contributed by atoms with Crippen LogP contribution < -0.4 is 4.74 Å². The van der Waals surface area contributed by atoms with Crippen LogP contribution in [-0.4, -0.2) is 0 Å². The zero-order valence-corrected chi connectivity index (χ0v) is 8.95. The quantitative estimate of drug-likeness (QED) is 0.679. The lowest BCUT2D eigenvalue weighted by Gasteiger charge is -2.04. The van der Waals surface area contributed by atoms with Gasteiger partial charge in [0.2, 0.25) is 0 Å². The molecule has 0 unspecified atom stereocenters. The molecular weight excluding hydrogens is 208 g/mol. The molecule has 15 heavy (non-hydrogen) atoms. The average molecular weight is 219 g/mol. The molecule has 0 aromatic heterocycles. The number of hydrogen-bond acceptors (Lipinski definition) is 1. The topological polar surface area (TPSA) is 9.23 Å². The molecule has 1 aromatic rings. The third kappa shape index (κ3) is 3.00. The van der Waals surface area contributed by atoms with Crippen molar-refractivity contribution in [2.24, 2.45) is 0 Å². The second-order valence-electron chi connectivity index (χ2n) is 3.26. The largest absolute Gasteiger partial charge is 0.465 e. The number of benzene rings is 1. The van der Waals surface area contributed by atoms with Crippen molar-refractivity contribution in [3.8, 4) is 5.75 Å². The molecule has 1 aromatic carbocycles. The van der Waals surface area contributed by atoms with E-state index in [9.17, 15) is 0 Å². The summed E-state index contributed by atoms with van der Waals surface area (Å²) in [6, 6.07) is 7.32. The summed E-state index contributed by atoms with van der Waals surface area (Å²) in [5.41, 5.74) is 1.16. The fourth-order valence-electron chi connectivity index (χ4n) is 1.27. The first-order valence-electron chi connectivity index (χ1n) is 4.79. The van der Waals surface area contributed by atoms with Crippen LogP contribution in [0, 0.1) is 0 Å². The lowest BCUT2D eigenvalue weighted by atomic mass is 10.1. The van der Waals surface area contributed by atoms with Gasteiger partial charge in [0, 0.05) is 5.02 Å². The van der Waals surface area contributed by atoms with Gasteiger partial charge in [-0.05, 0) is 36.3 Å².